The fraction of sp³-hybridized carbons (Fsp3) is 0.500. The Balaban J connectivity index is 2.25. The fourth-order valence-electron chi connectivity index (χ4n) is 2.31. The molecule has 1 aliphatic rings. The van der Waals surface area contributed by atoms with Gasteiger partial charge >= 0.3 is 6.18 Å². The average molecular weight is 272 g/mol. The minimum absolute atomic E-state index is 0.00307. The van der Waals surface area contributed by atoms with Crippen LogP contribution in [0.4, 0.5) is 13.2 Å². The van der Waals surface area contributed by atoms with Gasteiger partial charge in [0, 0.05) is 5.56 Å². The van der Waals surface area contributed by atoms with Crippen molar-refractivity contribution in [1.29, 1.82) is 0 Å². The molecule has 2 nitrogen and oxygen atoms in total. The van der Waals surface area contributed by atoms with Crippen molar-refractivity contribution in [1.82, 2.24) is 0 Å². The van der Waals surface area contributed by atoms with Gasteiger partial charge in [-0.25, -0.2) is 0 Å². The van der Waals surface area contributed by atoms with E-state index in [2.05, 4.69) is 0 Å². The number of alkyl halides is 3. The maximum absolute atomic E-state index is 12.9. The minimum Gasteiger partial charge on any atom is -0.490 e. The van der Waals surface area contributed by atoms with Crippen molar-refractivity contribution in [3.63, 3.8) is 0 Å². The molecule has 0 bridgehead atoms. The maximum atomic E-state index is 12.9. The van der Waals surface area contributed by atoms with E-state index in [0.29, 0.717) is 6.29 Å². The molecule has 1 aromatic rings. The minimum atomic E-state index is -4.51. The Labute approximate surface area is 109 Å². The highest BCUT2D eigenvalue weighted by molar-refractivity contribution is 5.75. The van der Waals surface area contributed by atoms with Crippen LogP contribution in [-0.2, 0) is 6.18 Å². The summed E-state index contributed by atoms with van der Waals surface area (Å²) in [6, 6.07) is 3.42. The van der Waals surface area contributed by atoms with Crippen LogP contribution in [0.3, 0.4) is 0 Å². The van der Waals surface area contributed by atoms with Gasteiger partial charge in [-0.05, 0) is 43.9 Å². The molecule has 0 saturated heterocycles. The lowest BCUT2D eigenvalue weighted by Crippen LogP contribution is -2.21. The van der Waals surface area contributed by atoms with E-state index < -0.39 is 11.7 Å². The van der Waals surface area contributed by atoms with Crippen molar-refractivity contribution in [2.45, 2.75) is 44.4 Å². The Bertz CT molecular complexity index is 448. The van der Waals surface area contributed by atoms with Gasteiger partial charge in [-0.3, -0.25) is 4.79 Å². The lowest BCUT2D eigenvalue weighted by Gasteiger charge is -2.24. The summed E-state index contributed by atoms with van der Waals surface area (Å²) < 4.78 is 44.2. The highest BCUT2D eigenvalue weighted by Gasteiger charge is 2.35. The maximum Gasteiger partial charge on any atom is 0.419 e. The summed E-state index contributed by atoms with van der Waals surface area (Å²) >= 11 is 0. The molecule has 19 heavy (non-hydrogen) atoms. The second-order valence-electron chi connectivity index (χ2n) is 4.75. The standard InChI is InChI=1S/C14H15F3O2/c15-14(16,17)12-8-10(9-18)6-7-13(12)19-11-4-2-1-3-5-11/h6-9,11H,1-5H2. The highest BCUT2D eigenvalue weighted by Crippen LogP contribution is 2.38. The van der Waals surface area contributed by atoms with E-state index in [1.165, 1.54) is 12.1 Å². The van der Waals surface area contributed by atoms with E-state index in [1.54, 1.807) is 0 Å². The van der Waals surface area contributed by atoms with Crippen molar-refractivity contribution in [2.75, 3.05) is 0 Å². The van der Waals surface area contributed by atoms with Gasteiger partial charge in [0.05, 0.1) is 11.7 Å². The predicted molar refractivity (Wildman–Crippen MR) is 64.3 cm³/mol. The summed E-state index contributed by atoms with van der Waals surface area (Å²) in [5, 5.41) is 0. The first kappa shape index (κ1) is 13.9. The molecule has 1 saturated carbocycles. The molecule has 5 heteroatoms. The van der Waals surface area contributed by atoms with Crippen LogP contribution in [0.2, 0.25) is 0 Å². The van der Waals surface area contributed by atoms with Gasteiger partial charge in [-0.15, -0.1) is 0 Å². The first-order valence-corrected chi connectivity index (χ1v) is 6.34. The number of benzene rings is 1. The molecular weight excluding hydrogens is 257 g/mol. The monoisotopic (exact) mass is 272 g/mol. The third-order valence-electron chi connectivity index (χ3n) is 3.29. The number of rotatable bonds is 3. The zero-order valence-corrected chi connectivity index (χ0v) is 10.4. The summed E-state index contributed by atoms with van der Waals surface area (Å²) in [4.78, 5) is 10.6. The Morgan fingerprint density at radius 3 is 2.42 bits per heavy atom. The number of aldehydes is 1. The van der Waals surface area contributed by atoms with E-state index >= 15 is 0 Å². The molecule has 2 rings (SSSR count). The average Bonchev–Trinajstić information content (AvgIpc) is 2.39. The van der Waals surface area contributed by atoms with Gasteiger partial charge in [-0.1, -0.05) is 6.42 Å². The SMILES string of the molecule is O=Cc1ccc(OC2CCCCC2)c(C(F)(F)F)c1. The summed E-state index contributed by atoms with van der Waals surface area (Å²) in [7, 11) is 0. The number of halogens is 3. The van der Waals surface area contributed by atoms with Crippen LogP contribution in [0.5, 0.6) is 5.75 Å². The predicted octanol–water partition coefficient (Wildman–Crippen LogP) is 4.23. The second-order valence-corrected chi connectivity index (χ2v) is 4.75. The van der Waals surface area contributed by atoms with Crippen molar-refractivity contribution in [2.24, 2.45) is 0 Å². The zero-order valence-electron chi connectivity index (χ0n) is 10.4. The van der Waals surface area contributed by atoms with Crippen LogP contribution in [0.1, 0.15) is 48.0 Å². The lowest BCUT2D eigenvalue weighted by atomic mass is 9.97. The van der Waals surface area contributed by atoms with E-state index in [-0.39, 0.29) is 17.4 Å². The molecule has 104 valence electrons. The van der Waals surface area contributed by atoms with Crippen LogP contribution in [0, 0.1) is 0 Å². The second kappa shape index (κ2) is 5.63. The Morgan fingerprint density at radius 2 is 1.84 bits per heavy atom. The topological polar surface area (TPSA) is 26.3 Å². The first-order valence-electron chi connectivity index (χ1n) is 6.34. The van der Waals surface area contributed by atoms with Gasteiger partial charge in [0.15, 0.2) is 0 Å². The third-order valence-corrected chi connectivity index (χ3v) is 3.29. The van der Waals surface area contributed by atoms with Gasteiger partial charge in [0.1, 0.15) is 12.0 Å². The number of carbonyl (C=O) groups excluding carboxylic acids is 1. The normalized spacial score (nSPS) is 17.2. The molecule has 1 fully saturated rings. The largest absolute Gasteiger partial charge is 0.490 e. The number of ether oxygens (including phenoxy) is 1. The quantitative estimate of drug-likeness (QED) is 0.770. The van der Waals surface area contributed by atoms with Gasteiger partial charge < -0.3 is 4.74 Å². The van der Waals surface area contributed by atoms with Crippen LogP contribution in [0.15, 0.2) is 18.2 Å². The molecule has 0 atom stereocenters. The van der Waals surface area contributed by atoms with Crippen molar-refractivity contribution in [3.05, 3.63) is 29.3 Å². The summed E-state index contributed by atoms with van der Waals surface area (Å²) in [5.41, 5.74) is -0.869. The highest BCUT2D eigenvalue weighted by atomic mass is 19.4. The summed E-state index contributed by atoms with van der Waals surface area (Å²) in [6.07, 6.45) is 0.381. The third kappa shape index (κ3) is 3.49. The van der Waals surface area contributed by atoms with Crippen LogP contribution in [-0.4, -0.2) is 12.4 Å². The molecule has 1 aliphatic carbocycles. The first-order chi connectivity index (χ1) is 9.00. The number of hydrogen-bond donors (Lipinski definition) is 0. The van der Waals surface area contributed by atoms with Crippen LogP contribution in [0.25, 0.3) is 0 Å². The molecule has 0 spiro atoms. The smallest absolute Gasteiger partial charge is 0.419 e. The molecule has 0 aromatic heterocycles. The molecule has 1 aromatic carbocycles. The van der Waals surface area contributed by atoms with E-state index in [9.17, 15) is 18.0 Å². The van der Waals surface area contributed by atoms with E-state index in [0.717, 1.165) is 38.2 Å². The van der Waals surface area contributed by atoms with Crippen molar-refractivity contribution in [3.8, 4) is 5.75 Å². The molecule has 0 radical (unpaired) electrons. The van der Waals surface area contributed by atoms with Gasteiger partial charge in [0.25, 0.3) is 0 Å². The molecule has 0 heterocycles. The number of carbonyl (C=O) groups is 1. The molecular formula is C14H15F3O2. The molecule has 0 amide bonds. The molecule has 0 N–H and O–H groups in total. The van der Waals surface area contributed by atoms with E-state index in [4.69, 9.17) is 4.74 Å². The Hall–Kier alpha value is -1.52. The van der Waals surface area contributed by atoms with Gasteiger partial charge in [-0.2, -0.15) is 13.2 Å². The zero-order chi connectivity index (χ0) is 13.9. The number of hydrogen-bond acceptors (Lipinski definition) is 2. The van der Waals surface area contributed by atoms with Crippen LogP contribution >= 0.6 is 0 Å². The summed E-state index contributed by atoms with van der Waals surface area (Å²) in [6.45, 7) is 0. The van der Waals surface area contributed by atoms with Crippen molar-refractivity contribution >= 4 is 6.29 Å². The molecule has 0 unspecified atom stereocenters. The summed E-state index contributed by atoms with van der Waals surface area (Å²) in [5.74, 6) is -0.176. The Morgan fingerprint density at radius 1 is 1.16 bits per heavy atom. The van der Waals surface area contributed by atoms with Gasteiger partial charge in [0.2, 0.25) is 0 Å². The van der Waals surface area contributed by atoms with Crippen LogP contribution < -0.4 is 4.74 Å². The van der Waals surface area contributed by atoms with E-state index in [1.807, 2.05) is 0 Å². The lowest BCUT2D eigenvalue weighted by molar-refractivity contribution is -0.139. The fourth-order valence-corrected chi connectivity index (χ4v) is 2.31. The Kier molecular flexibility index (Phi) is 4.12. The van der Waals surface area contributed by atoms with Crippen molar-refractivity contribution < 1.29 is 22.7 Å². The molecule has 0 aliphatic heterocycles.